The predicted octanol–water partition coefficient (Wildman–Crippen LogP) is -0.159. The van der Waals surface area contributed by atoms with Gasteiger partial charge >= 0.3 is 136 Å². The number of rotatable bonds is 7. The Morgan fingerprint density at radius 1 is 0.571 bits per heavy atom. The molecule has 0 bridgehead atoms. The molecule has 2 aromatic carbocycles. The molecule has 0 spiro atoms. The van der Waals surface area contributed by atoms with Gasteiger partial charge in [-0.25, -0.2) is 9.59 Å². The summed E-state index contributed by atoms with van der Waals surface area (Å²) >= 11 is 0. The van der Waals surface area contributed by atoms with Gasteiger partial charge in [-0.3, -0.25) is 0 Å². The Kier molecular flexibility index (Phi) is 13.2. The molecule has 0 atom stereocenters. The molecule has 2 rings (SSSR count). The van der Waals surface area contributed by atoms with Crippen molar-refractivity contribution in [2.75, 3.05) is 0 Å². The Labute approximate surface area is 246 Å². The van der Waals surface area contributed by atoms with Crippen molar-refractivity contribution in [3.63, 3.8) is 0 Å². The number of carbonyl (C=O) groups is 2. The Morgan fingerprint density at radius 2 is 0.857 bits per heavy atom. The molecule has 0 fully saturated rings. The number of benzene rings is 2. The van der Waals surface area contributed by atoms with E-state index in [-0.39, 0.29) is 114 Å². The van der Waals surface area contributed by atoms with Crippen LogP contribution in [0, 0.1) is 0 Å². The van der Waals surface area contributed by atoms with Gasteiger partial charge in [0.15, 0.2) is 0 Å². The molecule has 28 heavy (non-hydrogen) atoms. The Morgan fingerprint density at radius 3 is 1.14 bits per heavy atom. The molecule has 0 unspecified atom stereocenters. The fourth-order valence-corrected chi connectivity index (χ4v) is 2.69. The predicted molar refractivity (Wildman–Crippen MR) is 98.0 cm³/mol. The van der Waals surface area contributed by atoms with Gasteiger partial charge in [-0.2, -0.15) is 16.8 Å². The van der Waals surface area contributed by atoms with E-state index in [4.69, 9.17) is 0 Å². The van der Waals surface area contributed by atoms with Crippen molar-refractivity contribution in [2.24, 2.45) is 0 Å². The first-order valence-electron chi connectivity index (χ1n) is 6.64. The van der Waals surface area contributed by atoms with Crippen LogP contribution in [-0.2, 0) is 37.8 Å². The number of carbonyl (C=O) groups excluding carboxylic acids is 2. The average molecular weight is 483 g/mol. The van der Waals surface area contributed by atoms with E-state index in [0.29, 0.717) is 0 Å². The van der Waals surface area contributed by atoms with Crippen molar-refractivity contribution in [1.82, 2.24) is 0 Å². The van der Waals surface area contributed by atoms with Crippen LogP contribution in [0.15, 0.2) is 60.7 Å². The first-order valence-corrected chi connectivity index (χ1v) is 9.30. The van der Waals surface area contributed by atoms with Crippen molar-refractivity contribution >= 4 is 136 Å². The molecule has 0 aromatic heterocycles. The molecule has 0 saturated carbocycles. The molecule has 142 valence electrons. The summed E-state index contributed by atoms with van der Waals surface area (Å²) in [6.07, 6.45) is 0. The van der Waals surface area contributed by atoms with Crippen molar-refractivity contribution in [3.05, 3.63) is 71.8 Å². The van der Waals surface area contributed by atoms with Crippen LogP contribution >= 0.6 is 0 Å². The van der Waals surface area contributed by atoms with Crippen LogP contribution in [0.3, 0.4) is 0 Å². The molecule has 14 heteroatoms. The van der Waals surface area contributed by atoms with Crippen LogP contribution in [0.25, 0.3) is 0 Å². The minimum atomic E-state index is -5.20. The second-order valence-corrected chi connectivity index (χ2v) is 6.66. The summed E-state index contributed by atoms with van der Waals surface area (Å²) in [5.41, 5.74) is -0.281. The Bertz CT molecular complexity index is 909. The second kappa shape index (κ2) is 13.0. The molecule has 2 aromatic rings. The molecular weight excluding hydrogens is 470 g/mol. The first kappa shape index (κ1) is 28.5. The molecular formula is C14H12K2O10S2. The van der Waals surface area contributed by atoms with Crippen molar-refractivity contribution < 1.29 is 43.5 Å². The van der Waals surface area contributed by atoms with Gasteiger partial charge in [-0.05, 0) is 24.3 Å². The molecule has 0 saturated heterocycles. The zero-order valence-electron chi connectivity index (χ0n) is 12.7. The second-order valence-electron chi connectivity index (χ2n) is 4.43. The quantitative estimate of drug-likeness (QED) is 0.297. The third kappa shape index (κ3) is 9.99. The topological polar surface area (TPSA) is 139 Å². The van der Waals surface area contributed by atoms with E-state index in [0.717, 1.165) is 0 Å². The number of hydrogen-bond donors (Lipinski definition) is 0. The summed E-state index contributed by atoms with van der Waals surface area (Å²) in [5.74, 6) is -2.68. The molecule has 0 amide bonds. The average Bonchev–Trinajstić information content (AvgIpc) is 2.61. The van der Waals surface area contributed by atoms with E-state index in [2.05, 4.69) is 17.0 Å². The summed E-state index contributed by atoms with van der Waals surface area (Å²) in [5, 5.41) is 0. The molecule has 0 radical (unpaired) electrons. The molecule has 0 N–H and O–H groups in total. The molecule has 10 nitrogen and oxygen atoms in total. The third-order valence-corrected chi connectivity index (χ3v) is 3.84. The van der Waals surface area contributed by atoms with E-state index in [1.807, 2.05) is 0 Å². The summed E-state index contributed by atoms with van der Waals surface area (Å²) in [4.78, 5) is 23.2. The summed E-state index contributed by atoms with van der Waals surface area (Å²) < 4.78 is 60.8. The normalized spacial score (nSPS) is 10.7. The molecule has 0 heterocycles. The van der Waals surface area contributed by atoms with Gasteiger partial charge in [-0.15, -0.1) is 0 Å². The van der Waals surface area contributed by atoms with Crippen LogP contribution in [0.1, 0.15) is 20.7 Å². The Hall–Kier alpha value is 0.473. The van der Waals surface area contributed by atoms with Crippen LogP contribution in [0.4, 0.5) is 0 Å². The van der Waals surface area contributed by atoms with Gasteiger partial charge in [0.25, 0.3) is 0 Å². The van der Waals surface area contributed by atoms with Gasteiger partial charge in [0.2, 0.25) is 0 Å². The zero-order valence-corrected chi connectivity index (χ0v) is 14.3. The van der Waals surface area contributed by atoms with Gasteiger partial charge in [-0.1, -0.05) is 45.1 Å². The van der Waals surface area contributed by atoms with Gasteiger partial charge < -0.3 is 8.37 Å². The summed E-state index contributed by atoms with van der Waals surface area (Å²) in [7, 11) is -10.4. The maximum absolute atomic E-state index is 11.6. The molecule has 0 aliphatic heterocycles. The van der Waals surface area contributed by atoms with Crippen LogP contribution < -0.4 is 0 Å². The maximum atomic E-state index is 11.6. The standard InChI is InChI=1S/C14H10O10S2.2K.2H/c15-13(11-7-3-1-4-8-11)21-25(17,18)23-24-26(19,20)22-14(16)12-9-5-2-6-10-12;;;;/h1-10H;;;;. The van der Waals surface area contributed by atoms with Gasteiger partial charge in [0.1, 0.15) is 0 Å². The first-order chi connectivity index (χ1) is 12.2. The van der Waals surface area contributed by atoms with Crippen molar-refractivity contribution in [2.45, 2.75) is 0 Å². The molecule has 0 aliphatic carbocycles. The third-order valence-electron chi connectivity index (χ3n) is 2.57. The van der Waals surface area contributed by atoms with Crippen molar-refractivity contribution in [3.8, 4) is 0 Å². The van der Waals surface area contributed by atoms with Gasteiger partial charge in [0, 0.05) is 0 Å². The fraction of sp³-hybridized carbons (Fsp3) is 0. The molecule has 0 aliphatic rings. The van der Waals surface area contributed by atoms with Gasteiger partial charge in [0.05, 0.1) is 11.1 Å². The van der Waals surface area contributed by atoms with E-state index < -0.39 is 32.7 Å². The van der Waals surface area contributed by atoms with E-state index in [9.17, 15) is 26.4 Å². The monoisotopic (exact) mass is 482 g/mol. The van der Waals surface area contributed by atoms with E-state index in [1.54, 1.807) is 12.1 Å². The van der Waals surface area contributed by atoms with E-state index >= 15 is 0 Å². The Balaban J connectivity index is 0.00000364. The minimum absolute atomic E-state index is 0. The SMILES string of the molecule is O=C(OS(=O)(=O)OOS(=O)(=O)OC(=O)c1ccccc1)c1ccccc1.[KH].[KH]. The summed E-state index contributed by atoms with van der Waals surface area (Å²) in [6.45, 7) is 0. The van der Waals surface area contributed by atoms with Crippen LogP contribution in [0.2, 0.25) is 0 Å². The van der Waals surface area contributed by atoms with E-state index in [1.165, 1.54) is 48.5 Å². The zero-order chi connectivity index (χ0) is 19.2. The van der Waals surface area contributed by atoms with Crippen LogP contribution in [0.5, 0.6) is 0 Å². The van der Waals surface area contributed by atoms with Crippen LogP contribution in [-0.4, -0.2) is 132 Å². The van der Waals surface area contributed by atoms with Crippen molar-refractivity contribution in [1.29, 1.82) is 0 Å². The fourth-order valence-electron chi connectivity index (χ4n) is 1.53. The number of hydrogen-bond acceptors (Lipinski definition) is 10. The summed E-state index contributed by atoms with van der Waals surface area (Å²) in [6, 6.07) is 13.9.